The Kier molecular flexibility index (Phi) is 2.85. The maximum atomic E-state index is 12.8. The van der Waals surface area contributed by atoms with Gasteiger partial charge in [0, 0.05) is 19.4 Å². The molecular formula is C8H12FNO3. The number of rotatable bonds is 2. The standard InChI is InChI=1S/C8H12FNO3/c1-5(11)10-4-6(9)2-7(10)3-8(12)13/h6-7H,2-4H2,1H3,(H,12,13)/t6-,7+/m0/s1. The summed E-state index contributed by atoms with van der Waals surface area (Å²) in [6, 6.07) is -0.468. The lowest BCUT2D eigenvalue weighted by molar-refractivity contribution is -0.139. The van der Waals surface area contributed by atoms with Crippen LogP contribution in [0.1, 0.15) is 19.8 Å². The van der Waals surface area contributed by atoms with Gasteiger partial charge in [0.2, 0.25) is 5.91 Å². The lowest BCUT2D eigenvalue weighted by Gasteiger charge is -2.20. The molecule has 1 aliphatic heterocycles. The first kappa shape index (κ1) is 9.95. The Balaban J connectivity index is 2.60. The minimum Gasteiger partial charge on any atom is -0.481 e. The summed E-state index contributed by atoms with van der Waals surface area (Å²) in [5, 5.41) is 8.50. The summed E-state index contributed by atoms with van der Waals surface area (Å²) >= 11 is 0. The molecular weight excluding hydrogens is 177 g/mol. The van der Waals surface area contributed by atoms with Crippen LogP contribution in [-0.2, 0) is 9.59 Å². The highest BCUT2D eigenvalue weighted by Crippen LogP contribution is 2.22. The first-order valence-corrected chi connectivity index (χ1v) is 4.13. The lowest BCUT2D eigenvalue weighted by atomic mass is 10.1. The zero-order chi connectivity index (χ0) is 10.0. The summed E-state index contributed by atoms with van der Waals surface area (Å²) in [4.78, 5) is 22.6. The number of alkyl halides is 1. The SMILES string of the molecule is CC(=O)N1C[C@@H](F)C[C@@H]1CC(=O)O. The van der Waals surface area contributed by atoms with Crippen molar-refractivity contribution in [1.29, 1.82) is 0 Å². The normalized spacial score (nSPS) is 27.7. The van der Waals surface area contributed by atoms with Crippen molar-refractivity contribution in [3.05, 3.63) is 0 Å². The van der Waals surface area contributed by atoms with E-state index in [1.165, 1.54) is 11.8 Å². The van der Waals surface area contributed by atoms with Gasteiger partial charge in [-0.05, 0) is 0 Å². The molecule has 0 saturated carbocycles. The predicted octanol–water partition coefficient (Wildman–Crippen LogP) is 0.420. The number of carboxylic acids is 1. The molecule has 1 amide bonds. The van der Waals surface area contributed by atoms with Crippen molar-refractivity contribution >= 4 is 11.9 Å². The van der Waals surface area contributed by atoms with E-state index in [4.69, 9.17) is 5.11 Å². The van der Waals surface area contributed by atoms with Crippen LogP contribution >= 0.6 is 0 Å². The molecule has 0 unspecified atom stereocenters. The highest BCUT2D eigenvalue weighted by molar-refractivity contribution is 5.75. The molecule has 1 aliphatic rings. The van der Waals surface area contributed by atoms with E-state index in [-0.39, 0.29) is 25.3 Å². The highest BCUT2D eigenvalue weighted by atomic mass is 19.1. The third-order valence-electron chi connectivity index (χ3n) is 2.18. The molecule has 1 heterocycles. The number of carbonyl (C=O) groups is 2. The van der Waals surface area contributed by atoms with E-state index in [0.29, 0.717) is 0 Å². The lowest BCUT2D eigenvalue weighted by Crippen LogP contribution is -2.35. The molecule has 0 aromatic rings. The topological polar surface area (TPSA) is 57.6 Å². The van der Waals surface area contributed by atoms with E-state index in [0.717, 1.165) is 0 Å². The Bertz CT molecular complexity index is 231. The molecule has 1 rings (SSSR count). The van der Waals surface area contributed by atoms with E-state index in [1.807, 2.05) is 0 Å². The minimum absolute atomic E-state index is 0.0350. The average molecular weight is 189 g/mol. The van der Waals surface area contributed by atoms with Crippen molar-refractivity contribution in [3.63, 3.8) is 0 Å². The first-order chi connectivity index (χ1) is 6.00. The summed E-state index contributed by atoms with van der Waals surface area (Å²) in [6.45, 7) is 1.36. The van der Waals surface area contributed by atoms with Gasteiger partial charge in [-0.25, -0.2) is 4.39 Å². The Morgan fingerprint density at radius 2 is 2.23 bits per heavy atom. The van der Waals surface area contributed by atoms with Crippen molar-refractivity contribution in [1.82, 2.24) is 4.90 Å². The number of amides is 1. The van der Waals surface area contributed by atoms with E-state index in [9.17, 15) is 14.0 Å². The second kappa shape index (κ2) is 3.72. The molecule has 0 aromatic carbocycles. The number of halogens is 1. The first-order valence-electron chi connectivity index (χ1n) is 4.13. The van der Waals surface area contributed by atoms with Crippen LogP contribution in [0.3, 0.4) is 0 Å². The van der Waals surface area contributed by atoms with Crippen molar-refractivity contribution in [2.45, 2.75) is 32.0 Å². The predicted molar refractivity (Wildman–Crippen MR) is 42.9 cm³/mol. The van der Waals surface area contributed by atoms with Gasteiger partial charge in [-0.15, -0.1) is 0 Å². The van der Waals surface area contributed by atoms with Gasteiger partial charge in [-0.3, -0.25) is 9.59 Å². The fourth-order valence-electron chi connectivity index (χ4n) is 1.64. The third-order valence-corrected chi connectivity index (χ3v) is 2.18. The van der Waals surface area contributed by atoms with Crippen molar-refractivity contribution in [2.75, 3.05) is 6.54 Å². The number of hydrogen-bond acceptors (Lipinski definition) is 2. The zero-order valence-electron chi connectivity index (χ0n) is 7.36. The number of carboxylic acid groups (broad SMARTS) is 1. The molecule has 0 bridgehead atoms. The second-order valence-corrected chi connectivity index (χ2v) is 3.26. The quantitative estimate of drug-likeness (QED) is 0.684. The number of nitrogens with zero attached hydrogens (tertiary/aromatic N) is 1. The van der Waals surface area contributed by atoms with Crippen LogP contribution in [0.15, 0.2) is 0 Å². The van der Waals surface area contributed by atoms with Gasteiger partial charge in [0.1, 0.15) is 6.17 Å². The van der Waals surface area contributed by atoms with Crippen LogP contribution in [0.4, 0.5) is 4.39 Å². The summed E-state index contributed by atoms with van der Waals surface area (Å²) in [5.41, 5.74) is 0. The Morgan fingerprint density at radius 1 is 1.62 bits per heavy atom. The number of aliphatic carboxylic acids is 1. The zero-order valence-corrected chi connectivity index (χ0v) is 7.36. The van der Waals surface area contributed by atoms with E-state index >= 15 is 0 Å². The van der Waals surface area contributed by atoms with Crippen LogP contribution in [-0.4, -0.2) is 40.6 Å². The summed E-state index contributed by atoms with van der Waals surface area (Å²) in [5.74, 6) is -1.25. The van der Waals surface area contributed by atoms with Crippen LogP contribution in [0.5, 0.6) is 0 Å². The molecule has 5 heteroatoms. The molecule has 1 N–H and O–H groups in total. The van der Waals surface area contributed by atoms with Crippen LogP contribution in [0.2, 0.25) is 0 Å². The Labute approximate surface area is 75.3 Å². The van der Waals surface area contributed by atoms with Gasteiger partial charge in [0.05, 0.1) is 13.0 Å². The Hall–Kier alpha value is -1.13. The highest BCUT2D eigenvalue weighted by Gasteiger charge is 2.34. The average Bonchev–Trinajstić information content (AvgIpc) is 2.29. The molecule has 0 aromatic heterocycles. The molecule has 0 aliphatic carbocycles. The van der Waals surface area contributed by atoms with Crippen LogP contribution in [0.25, 0.3) is 0 Å². The monoisotopic (exact) mass is 189 g/mol. The van der Waals surface area contributed by atoms with Crippen LogP contribution < -0.4 is 0 Å². The number of likely N-dealkylation sites (tertiary alicyclic amines) is 1. The number of hydrogen-bond donors (Lipinski definition) is 1. The Morgan fingerprint density at radius 3 is 2.69 bits per heavy atom. The smallest absolute Gasteiger partial charge is 0.305 e. The summed E-state index contributed by atoms with van der Waals surface area (Å²) in [6.07, 6.45) is -1.10. The van der Waals surface area contributed by atoms with Gasteiger partial charge in [-0.2, -0.15) is 0 Å². The largest absolute Gasteiger partial charge is 0.481 e. The van der Waals surface area contributed by atoms with Gasteiger partial charge in [0.25, 0.3) is 0 Å². The van der Waals surface area contributed by atoms with Gasteiger partial charge < -0.3 is 10.0 Å². The summed E-state index contributed by atoms with van der Waals surface area (Å²) in [7, 11) is 0. The molecule has 2 atom stereocenters. The van der Waals surface area contributed by atoms with Gasteiger partial charge in [0.15, 0.2) is 0 Å². The molecule has 4 nitrogen and oxygen atoms in total. The number of carbonyl (C=O) groups excluding carboxylic acids is 1. The minimum atomic E-state index is -1.08. The van der Waals surface area contributed by atoms with Gasteiger partial charge in [-0.1, -0.05) is 0 Å². The molecule has 13 heavy (non-hydrogen) atoms. The third kappa shape index (κ3) is 2.40. The molecule has 74 valence electrons. The summed E-state index contributed by atoms with van der Waals surface area (Å²) < 4.78 is 12.8. The maximum Gasteiger partial charge on any atom is 0.305 e. The molecule has 1 saturated heterocycles. The second-order valence-electron chi connectivity index (χ2n) is 3.26. The van der Waals surface area contributed by atoms with Crippen molar-refractivity contribution < 1.29 is 19.1 Å². The molecule has 1 fully saturated rings. The van der Waals surface area contributed by atoms with Crippen molar-refractivity contribution in [2.24, 2.45) is 0 Å². The van der Waals surface area contributed by atoms with Gasteiger partial charge >= 0.3 is 5.97 Å². The molecule has 0 spiro atoms. The van der Waals surface area contributed by atoms with E-state index in [1.54, 1.807) is 0 Å². The molecule has 0 radical (unpaired) electrons. The fourth-order valence-corrected chi connectivity index (χ4v) is 1.64. The van der Waals surface area contributed by atoms with Crippen molar-refractivity contribution in [3.8, 4) is 0 Å². The maximum absolute atomic E-state index is 12.8. The fraction of sp³-hybridized carbons (Fsp3) is 0.750. The van der Waals surface area contributed by atoms with E-state index in [2.05, 4.69) is 0 Å². The van der Waals surface area contributed by atoms with Crippen LogP contribution in [0, 0.1) is 0 Å². The van der Waals surface area contributed by atoms with E-state index < -0.39 is 18.2 Å².